The van der Waals surface area contributed by atoms with Crippen LogP contribution in [0.25, 0.3) is 11.3 Å². The predicted octanol–water partition coefficient (Wildman–Crippen LogP) is 5.46. The lowest BCUT2D eigenvalue weighted by molar-refractivity contribution is 0.203. The van der Waals surface area contributed by atoms with Crippen LogP contribution in [-0.2, 0) is 39.1 Å². The van der Waals surface area contributed by atoms with E-state index in [-0.39, 0.29) is 25.3 Å². The summed E-state index contributed by atoms with van der Waals surface area (Å²) in [5.74, 6) is 2.10. The van der Waals surface area contributed by atoms with Crippen molar-refractivity contribution in [3.05, 3.63) is 118 Å². The highest BCUT2D eigenvalue weighted by Crippen LogP contribution is 2.35. The van der Waals surface area contributed by atoms with Gasteiger partial charge in [0.1, 0.15) is 22.9 Å². The van der Waals surface area contributed by atoms with Gasteiger partial charge in [0.15, 0.2) is 0 Å². The van der Waals surface area contributed by atoms with Gasteiger partial charge in [-0.2, -0.15) is 0 Å². The van der Waals surface area contributed by atoms with Crippen LogP contribution in [0, 0.1) is 0 Å². The molecule has 14 nitrogen and oxygen atoms in total. The third-order valence-electron chi connectivity index (χ3n) is 12.6. The van der Waals surface area contributed by atoms with Crippen LogP contribution < -0.4 is 9.80 Å². The zero-order valence-electron chi connectivity index (χ0n) is 38.2. The molecule has 0 amide bonds. The topological polar surface area (TPSA) is 120 Å². The van der Waals surface area contributed by atoms with Crippen LogP contribution in [0.3, 0.4) is 0 Å². The molecule has 2 atom stereocenters. The van der Waals surface area contributed by atoms with Crippen LogP contribution in [0.2, 0.25) is 0 Å². The molecule has 0 radical (unpaired) electrons. The number of rotatable bonds is 16. The number of anilines is 2. The van der Waals surface area contributed by atoms with Crippen LogP contribution >= 0.6 is 0 Å². The summed E-state index contributed by atoms with van der Waals surface area (Å²) >= 11 is 0. The van der Waals surface area contributed by atoms with E-state index in [1.54, 1.807) is 0 Å². The molecule has 0 spiro atoms. The summed E-state index contributed by atoms with van der Waals surface area (Å²) in [6.45, 7) is 4.99. The first-order valence-corrected chi connectivity index (χ1v) is 22.2. The van der Waals surface area contributed by atoms with Crippen molar-refractivity contribution in [1.29, 1.82) is 0 Å². The number of hydrogen-bond acceptors (Lipinski definition) is 12. The zero-order valence-corrected chi connectivity index (χ0v) is 38.2. The molecule has 0 saturated heterocycles. The molecule has 8 rings (SSSR count). The number of aryl methyl sites for hydroxylation is 2. The zero-order chi connectivity index (χ0) is 43.9. The van der Waals surface area contributed by atoms with Gasteiger partial charge in [0.25, 0.3) is 0 Å². The van der Waals surface area contributed by atoms with Crippen LogP contribution in [0.4, 0.5) is 11.6 Å². The third kappa shape index (κ3) is 9.96. The van der Waals surface area contributed by atoms with E-state index >= 15 is 0 Å². The second-order valence-electron chi connectivity index (χ2n) is 17.7. The summed E-state index contributed by atoms with van der Waals surface area (Å²) in [6.07, 6.45) is 10.5. The van der Waals surface area contributed by atoms with Crippen molar-refractivity contribution in [2.24, 2.45) is 0 Å². The Bertz CT molecular complexity index is 2230. The molecule has 2 N–H and O–H groups in total. The lowest BCUT2D eigenvalue weighted by atomic mass is 9.91. The minimum Gasteiger partial charge on any atom is -0.390 e. The van der Waals surface area contributed by atoms with Gasteiger partial charge in [-0.1, -0.05) is 24.3 Å². The van der Waals surface area contributed by atoms with Crippen molar-refractivity contribution in [2.45, 2.75) is 76.9 Å². The highest BCUT2D eigenvalue weighted by Gasteiger charge is 2.28. The molecule has 0 unspecified atom stereocenters. The van der Waals surface area contributed by atoms with Crippen molar-refractivity contribution >= 4 is 22.9 Å². The lowest BCUT2D eigenvalue weighted by Crippen LogP contribution is -2.30. The highest BCUT2D eigenvalue weighted by atomic mass is 16.3. The summed E-state index contributed by atoms with van der Waals surface area (Å²) in [7, 11) is 16.8. The Morgan fingerprint density at radius 3 is 1.35 bits per heavy atom. The molecule has 6 aromatic heterocycles. The van der Waals surface area contributed by atoms with Gasteiger partial charge >= 0.3 is 0 Å². The van der Waals surface area contributed by atoms with Crippen molar-refractivity contribution in [1.82, 2.24) is 48.3 Å². The first-order valence-electron chi connectivity index (χ1n) is 22.2. The van der Waals surface area contributed by atoms with Crippen LogP contribution in [0.15, 0.2) is 73.1 Å². The maximum atomic E-state index is 10.3. The maximum absolute atomic E-state index is 10.3. The molecular weight excluding hydrogens is 777 g/mol. The Kier molecular flexibility index (Phi) is 14.9. The Morgan fingerprint density at radius 1 is 0.548 bits per heavy atom. The summed E-state index contributed by atoms with van der Waals surface area (Å²) in [4.78, 5) is 32.7. The Labute approximate surface area is 368 Å². The minimum atomic E-state index is -0.0393. The number of aliphatic hydroxyl groups is 2. The van der Waals surface area contributed by atoms with E-state index < -0.39 is 0 Å². The largest absolute Gasteiger partial charge is 0.390 e. The van der Waals surface area contributed by atoms with Gasteiger partial charge in [0.2, 0.25) is 0 Å². The van der Waals surface area contributed by atoms with Crippen molar-refractivity contribution in [2.75, 3.05) is 92.4 Å². The molecule has 0 saturated carbocycles. The monoisotopic (exact) mass is 845 g/mol. The third-order valence-corrected chi connectivity index (χ3v) is 12.6. The second kappa shape index (κ2) is 20.5. The molecule has 0 bridgehead atoms. The van der Waals surface area contributed by atoms with Gasteiger partial charge in [0, 0.05) is 65.8 Å². The highest BCUT2D eigenvalue weighted by molar-refractivity contribution is 5.56. The normalized spacial score (nSPS) is 16.3. The van der Waals surface area contributed by atoms with E-state index in [9.17, 15) is 10.2 Å². The summed E-state index contributed by atoms with van der Waals surface area (Å²) in [5, 5.41) is 20.6. The van der Waals surface area contributed by atoms with Gasteiger partial charge in [-0.05, 0) is 128 Å². The van der Waals surface area contributed by atoms with Crippen molar-refractivity contribution in [3.8, 4) is 0 Å². The molecule has 6 heterocycles. The average Bonchev–Trinajstić information content (AvgIpc) is 3.83. The van der Waals surface area contributed by atoms with E-state index in [1.165, 1.54) is 35.4 Å². The SMILES string of the molecule is CN(C)CCN(C)c1cccc2nc(CN(C)[C@H]3CCCc4cccnc43)c(CO)n12.CN(C)CCN(C)c1cccc2nc(CN(C)[C@H]3CCCc4cccnc43)c(CO)n12. The molecule has 6 aromatic rings. The van der Waals surface area contributed by atoms with Gasteiger partial charge in [-0.3, -0.25) is 28.6 Å². The van der Waals surface area contributed by atoms with Crippen LogP contribution in [0.5, 0.6) is 0 Å². The Morgan fingerprint density at radius 2 is 0.968 bits per heavy atom. The molecular formula is C48H68N12O2. The van der Waals surface area contributed by atoms with E-state index in [1.807, 2.05) is 48.8 Å². The van der Waals surface area contributed by atoms with E-state index in [4.69, 9.17) is 19.9 Å². The number of likely N-dealkylation sites (N-methyl/N-ethyl adjacent to an activating group) is 4. The number of pyridine rings is 4. The average molecular weight is 845 g/mol. The van der Waals surface area contributed by atoms with Crippen molar-refractivity contribution in [3.63, 3.8) is 0 Å². The number of fused-ring (bicyclic) bond motifs is 4. The molecule has 0 aromatic carbocycles. The summed E-state index contributed by atoms with van der Waals surface area (Å²) in [6, 6.07) is 21.3. The first kappa shape index (κ1) is 45.1. The van der Waals surface area contributed by atoms with Crippen molar-refractivity contribution < 1.29 is 10.2 Å². The Balaban J connectivity index is 0.000000186. The molecule has 14 heteroatoms. The second-order valence-corrected chi connectivity index (χ2v) is 17.7. The maximum Gasteiger partial charge on any atom is 0.138 e. The van der Waals surface area contributed by atoms with Gasteiger partial charge in [-0.15, -0.1) is 0 Å². The number of nitrogens with zero attached hydrogens (tertiary/aromatic N) is 12. The fourth-order valence-corrected chi connectivity index (χ4v) is 9.19. The van der Waals surface area contributed by atoms with Gasteiger partial charge in [-0.25, -0.2) is 9.97 Å². The fraction of sp³-hybridized carbons (Fsp3) is 0.500. The smallest absolute Gasteiger partial charge is 0.138 e. The molecule has 62 heavy (non-hydrogen) atoms. The van der Waals surface area contributed by atoms with E-state index in [0.29, 0.717) is 13.1 Å². The van der Waals surface area contributed by atoms with Crippen LogP contribution in [-0.4, -0.2) is 141 Å². The van der Waals surface area contributed by atoms with E-state index in [0.717, 1.165) is 97.6 Å². The standard InChI is InChI=1S/2C24H34N6O/c2*1-27(2)14-15-28(3)23-12-6-11-22-26-19(21(17-31)30(22)23)16-29(4)20-10-5-8-18-9-7-13-25-24(18)20/h2*6-7,9,11-13,20,31H,5,8,10,14-17H2,1-4H3/t2*20-/m00/s1. The first-order chi connectivity index (χ1) is 30.0. The summed E-state index contributed by atoms with van der Waals surface area (Å²) < 4.78 is 4.21. The number of aromatic nitrogens is 6. The quantitative estimate of drug-likeness (QED) is 0.129. The molecule has 2 aliphatic carbocycles. The number of imidazole rings is 2. The molecule has 0 aliphatic heterocycles. The number of aliphatic hydroxyl groups excluding tert-OH is 2. The lowest BCUT2D eigenvalue weighted by Gasteiger charge is -2.32. The minimum absolute atomic E-state index is 0.0393. The van der Waals surface area contributed by atoms with Gasteiger partial charge < -0.3 is 29.8 Å². The molecule has 0 fully saturated rings. The summed E-state index contributed by atoms with van der Waals surface area (Å²) in [5.41, 5.74) is 10.4. The van der Waals surface area contributed by atoms with E-state index in [2.05, 4.69) is 119 Å². The Hall–Kier alpha value is -4.96. The predicted molar refractivity (Wildman–Crippen MR) is 249 cm³/mol. The van der Waals surface area contributed by atoms with Crippen LogP contribution in [0.1, 0.15) is 83.1 Å². The molecule has 2 aliphatic rings. The molecule has 332 valence electrons. The number of hydrogen-bond donors (Lipinski definition) is 2. The van der Waals surface area contributed by atoms with Gasteiger partial charge in [0.05, 0.1) is 59.5 Å². The fourth-order valence-electron chi connectivity index (χ4n) is 9.19.